The van der Waals surface area contributed by atoms with Gasteiger partial charge >= 0.3 is 0 Å². The van der Waals surface area contributed by atoms with Crippen LogP contribution in [-0.2, 0) is 22.7 Å². The molecule has 0 saturated heterocycles. The Balaban J connectivity index is 1.47. The number of carbonyl (C=O) groups is 3. The molecule has 2 heterocycles. The molecule has 4 rings (SSSR count). The Morgan fingerprint density at radius 3 is 2.62 bits per heavy atom. The molecule has 0 spiro atoms. The molecule has 2 N–H and O–H groups in total. The number of halogens is 1. The first-order chi connectivity index (χ1) is 15.3. The number of likely N-dealkylation sites (N-methyl/N-ethyl adjacent to an activating group) is 1. The van der Waals surface area contributed by atoms with Gasteiger partial charge in [-0.2, -0.15) is 0 Å². The summed E-state index contributed by atoms with van der Waals surface area (Å²) in [5.74, 6) is -1.40. The van der Waals surface area contributed by atoms with Crippen LogP contribution in [0.4, 0.5) is 4.39 Å². The second-order valence-electron chi connectivity index (χ2n) is 8.09. The topological polar surface area (TPSA) is 83.4 Å². The molecule has 0 bridgehead atoms. The lowest BCUT2D eigenvalue weighted by molar-refractivity contribution is -0.134. The van der Waals surface area contributed by atoms with Crippen molar-refractivity contribution in [2.75, 3.05) is 13.1 Å². The number of fused-ring (bicyclic) bond motifs is 3. The number of carbonyl (C=O) groups excluding carboxylic acids is 3. The van der Waals surface area contributed by atoms with Crippen LogP contribution in [0.15, 0.2) is 54.6 Å². The van der Waals surface area contributed by atoms with Crippen molar-refractivity contribution < 1.29 is 18.8 Å². The quantitative estimate of drug-likeness (QED) is 0.623. The number of aromatic nitrogens is 1. The predicted octanol–water partition coefficient (Wildman–Crippen LogP) is 2.45. The highest BCUT2D eigenvalue weighted by Gasteiger charge is 2.46. The molecule has 0 aliphatic carbocycles. The Morgan fingerprint density at radius 1 is 1.09 bits per heavy atom. The monoisotopic (exact) mass is 436 g/mol. The van der Waals surface area contributed by atoms with Crippen molar-refractivity contribution in [2.24, 2.45) is 0 Å². The Bertz CT molecular complexity index is 1200. The number of nitrogens with zero attached hydrogens (tertiary/aromatic N) is 2. The van der Waals surface area contributed by atoms with Gasteiger partial charge in [-0.3, -0.25) is 14.4 Å². The molecule has 3 amide bonds. The van der Waals surface area contributed by atoms with Crippen molar-refractivity contribution in [1.29, 1.82) is 0 Å². The zero-order valence-corrected chi connectivity index (χ0v) is 18.0. The standard InChI is InChI=1S/C24H25FN4O3/c1-3-29-22(31)20-12-17-8-4-5-10-19(17)28(20)15-24(29,2)23(32)27-14-21(30)26-13-16-7-6-9-18(25)11-16/h4-12H,3,13-15H2,1-2H3,(H,26,30)(H,27,32). The van der Waals surface area contributed by atoms with Gasteiger partial charge in [0.1, 0.15) is 17.1 Å². The van der Waals surface area contributed by atoms with Gasteiger partial charge in [-0.1, -0.05) is 30.3 Å². The first kappa shape index (κ1) is 21.5. The molecule has 3 aromatic rings. The summed E-state index contributed by atoms with van der Waals surface area (Å²) in [6.45, 7) is 4.10. The minimum Gasteiger partial charge on any atom is -0.350 e. The maximum atomic E-state index is 13.3. The van der Waals surface area contributed by atoms with E-state index in [0.717, 1.165) is 10.9 Å². The van der Waals surface area contributed by atoms with Crippen LogP contribution >= 0.6 is 0 Å². The molecule has 32 heavy (non-hydrogen) atoms. The molecule has 0 fully saturated rings. The van der Waals surface area contributed by atoms with E-state index in [2.05, 4.69) is 10.6 Å². The van der Waals surface area contributed by atoms with Crippen molar-refractivity contribution in [2.45, 2.75) is 32.5 Å². The summed E-state index contributed by atoms with van der Waals surface area (Å²) in [4.78, 5) is 40.1. The molecule has 1 atom stereocenters. The Hall–Kier alpha value is -3.68. The number of amides is 3. The van der Waals surface area contributed by atoms with E-state index in [9.17, 15) is 18.8 Å². The Labute approximate surface area is 185 Å². The smallest absolute Gasteiger partial charge is 0.271 e. The fourth-order valence-electron chi connectivity index (χ4n) is 4.26. The zero-order valence-electron chi connectivity index (χ0n) is 18.0. The van der Waals surface area contributed by atoms with Crippen LogP contribution in [0.1, 0.15) is 29.9 Å². The Morgan fingerprint density at radius 2 is 1.88 bits per heavy atom. The molecule has 2 aromatic carbocycles. The van der Waals surface area contributed by atoms with Crippen LogP contribution in [0.25, 0.3) is 10.9 Å². The van der Waals surface area contributed by atoms with E-state index < -0.39 is 17.4 Å². The van der Waals surface area contributed by atoms with E-state index in [1.807, 2.05) is 41.8 Å². The molecular weight excluding hydrogens is 411 g/mol. The van der Waals surface area contributed by atoms with Gasteiger partial charge in [0.15, 0.2) is 0 Å². The van der Waals surface area contributed by atoms with Gasteiger partial charge in [-0.05, 0) is 43.7 Å². The average Bonchev–Trinajstić information content (AvgIpc) is 3.15. The van der Waals surface area contributed by atoms with Crippen molar-refractivity contribution in [3.63, 3.8) is 0 Å². The molecule has 1 aliphatic rings. The molecule has 0 radical (unpaired) electrons. The highest BCUT2D eigenvalue weighted by molar-refractivity contribution is 6.04. The summed E-state index contributed by atoms with van der Waals surface area (Å²) in [5.41, 5.74) is 0.909. The third-order valence-electron chi connectivity index (χ3n) is 5.93. The van der Waals surface area contributed by atoms with E-state index in [0.29, 0.717) is 17.8 Å². The number of hydrogen-bond donors (Lipinski definition) is 2. The molecule has 1 aliphatic heterocycles. The van der Waals surface area contributed by atoms with Gasteiger partial charge in [0, 0.05) is 24.0 Å². The second kappa shape index (κ2) is 8.45. The first-order valence-corrected chi connectivity index (χ1v) is 10.5. The molecule has 166 valence electrons. The Kier molecular flexibility index (Phi) is 5.69. The summed E-state index contributed by atoms with van der Waals surface area (Å²) in [5, 5.41) is 6.26. The van der Waals surface area contributed by atoms with E-state index in [1.165, 1.54) is 12.1 Å². The highest BCUT2D eigenvalue weighted by Crippen LogP contribution is 2.32. The summed E-state index contributed by atoms with van der Waals surface area (Å²) < 4.78 is 15.1. The lowest BCUT2D eigenvalue weighted by atomic mass is 9.95. The maximum Gasteiger partial charge on any atom is 0.271 e. The summed E-state index contributed by atoms with van der Waals surface area (Å²) in [6, 6.07) is 15.4. The molecule has 1 aromatic heterocycles. The third kappa shape index (κ3) is 3.84. The van der Waals surface area contributed by atoms with Crippen molar-refractivity contribution >= 4 is 28.6 Å². The van der Waals surface area contributed by atoms with E-state index in [1.54, 1.807) is 24.0 Å². The molecule has 8 heteroatoms. The van der Waals surface area contributed by atoms with Crippen molar-refractivity contribution in [3.8, 4) is 0 Å². The average molecular weight is 436 g/mol. The van der Waals surface area contributed by atoms with Crippen LogP contribution in [0.5, 0.6) is 0 Å². The minimum atomic E-state index is -1.15. The van der Waals surface area contributed by atoms with Gasteiger partial charge in [0.05, 0.1) is 13.1 Å². The van der Waals surface area contributed by atoms with Crippen LogP contribution < -0.4 is 10.6 Å². The van der Waals surface area contributed by atoms with Crippen LogP contribution in [0, 0.1) is 5.82 Å². The van der Waals surface area contributed by atoms with Crippen molar-refractivity contribution in [3.05, 3.63) is 71.7 Å². The van der Waals surface area contributed by atoms with Crippen LogP contribution in [-0.4, -0.2) is 45.8 Å². The zero-order chi connectivity index (χ0) is 22.9. The fraction of sp³-hybridized carbons (Fsp3) is 0.292. The van der Waals surface area contributed by atoms with Crippen LogP contribution in [0.2, 0.25) is 0 Å². The largest absolute Gasteiger partial charge is 0.350 e. The maximum absolute atomic E-state index is 13.3. The normalized spacial score (nSPS) is 17.8. The van der Waals surface area contributed by atoms with Gasteiger partial charge in [-0.15, -0.1) is 0 Å². The molecule has 7 nitrogen and oxygen atoms in total. The highest BCUT2D eigenvalue weighted by atomic mass is 19.1. The summed E-state index contributed by atoms with van der Waals surface area (Å²) in [7, 11) is 0. The van der Waals surface area contributed by atoms with E-state index in [4.69, 9.17) is 0 Å². The molecule has 1 unspecified atom stereocenters. The second-order valence-corrected chi connectivity index (χ2v) is 8.09. The number of para-hydroxylation sites is 1. The van der Waals surface area contributed by atoms with Gasteiger partial charge in [-0.25, -0.2) is 4.39 Å². The summed E-state index contributed by atoms with van der Waals surface area (Å²) >= 11 is 0. The lowest BCUT2D eigenvalue weighted by Crippen LogP contribution is -2.64. The number of rotatable bonds is 6. The van der Waals surface area contributed by atoms with E-state index >= 15 is 0 Å². The van der Waals surface area contributed by atoms with Crippen LogP contribution in [0.3, 0.4) is 0 Å². The number of benzene rings is 2. The number of nitrogens with one attached hydrogen (secondary N) is 2. The fourth-order valence-corrected chi connectivity index (χ4v) is 4.26. The third-order valence-corrected chi connectivity index (χ3v) is 5.93. The number of hydrogen-bond acceptors (Lipinski definition) is 3. The minimum absolute atomic E-state index is 0.155. The van der Waals surface area contributed by atoms with Crippen molar-refractivity contribution in [1.82, 2.24) is 20.1 Å². The van der Waals surface area contributed by atoms with Gasteiger partial charge in [0.25, 0.3) is 5.91 Å². The SMILES string of the molecule is CCN1C(=O)c2cc3ccccc3n2CC1(C)C(=O)NCC(=O)NCc1cccc(F)c1. The lowest BCUT2D eigenvalue weighted by Gasteiger charge is -2.43. The molecule has 0 saturated carbocycles. The molecular formula is C24H25FN4O3. The predicted molar refractivity (Wildman–Crippen MR) is 118 cm³/mol. The first-order valence-electron chi connectivity index (χ1n) is 10.5. The van der Waals surface area contributed by atoms with E-state index in [-0.39, 0.29) is 31.4 Å². The van der Waals surface area contributed by atoms with Gasteiger partial charge in [0.2, 0.25) is 11.8 Å². The summed E-state index contributed by atoms with van der Waals surface area (Å²) in [6.07, 6.45) is 0. The van der Waals surface area contributed by atoms with Gasteiger partial charge < -0.3 is 20.1 Å².